The molecule has 120 valence electrons. The van der Waals surface area contributed by atoms with Crippen molar-refractivity contribution in [2.75, 3.05) is 6.54 Å². The Balaban J connectivity index is 2.33. The molecule has 2 atom stereocenters. The van der Waals surface area contributed by atoms with E-state index in [1.165, 1.54) is 77.2 Å². The molecule has 20 heavy (non-hydrogen) atoms. The van der Waals surface area contributed by atoms with E-state index in [9.17, 15) is 0 Å². The minimum atomic E-state index is 0.276. The molecule has 0 saturated heterocycles. The fourth-order valence-electron chi connectivity index (χ4n) is 3.56. The Morgan fingerprint density at radius 2 is 1.50 bits per heavy atom. The number of unbranched alkanes of at least 4 members (excludes halogenated alkanes) is 4. The Morgan fingerprint density at radius 1 is 0.850 bits per heavy atom. The van der Waals surface area contributed by atoms with Crippen LogP contribution in [0.3, 0.4) is 0 Å². The monoisotopic (exact) mass is 281 g/mol. The van der Waals surface area contributed by atoms with E-state index in [1.54, 1.807) is 0 Å². The average molecular weight is 282 g/mol. The molecule has 0 aromatic heterocycles. The van der Waals surface area contributed by atoms with Crippen molar-refractivity contribution in [2.24, 2.45) is 11.8 Å². The van der Waals surface area contributed by atoms with Gasteiger partial charge in [-0.2, -0.15) is 0 Å². The molecular formula is C19H39N. The van der Waals surface area contributed by atoms with E-state index in [0.717, 1.165) is 11.8 Å². The molecule has 0 radical (unpaired) electrons. The van der Waals surface area contributed by atoms with Crippen LogP contribution in [0.4, 0.5) is 0 Å². The smallest absolute Gasteiger partial charge is 0.00966 e. The Bertz CT molecular complexity index is 228. The SMILES string of the molecule is CCCCCCCC1CCCCCC1CNC(C)(C)C. The van der Waals surface area contributed by atoms with Crippen LogP contribution in [0.2, 0.25) is 0 Å². The van der Waals surface area contributed by atoms with Gasteiger partial charge in [0, 0.05) is 5.54 Å². The molecule has 0 aromatic rings. The van der Waals surface area contributed by atoms with Crippen LogP contribution in [0.15, 0.2) is 0 Å². The summed E-state index contributed by atoms with van der Waals surface area (Å²) in [5.74, 6) is 1.93. The zero-order chi connectivity index (χ0) is 14.8. The van der Waals surface area contributed by atoms with Crippen LogP contribution in [-0.2, 0) is 0 Å². The number of hydrogen-bond acceptors (Lipinski definition) is 1. The summed E-state index contributed by atoms with van der Waals surface area (Å²) in [6, 6.07) is 0. The van der Waals surface area contributed by atoms with E-state index >= 15 is 0 Å². The quantitative estimate of drug-likeness (QED) is 0.429. The largest absolute Gasteiger partial charge is 0.312 e. The van der Waals surface area contributed by atoms with Crippen LogP contribution in [0.25, 0.3) is 0 Å². The van der Waals surface area contributed by atoms with Crippen LogP contribution in [0.5, 0.6) is 0 Å². The topological polar surface area (TPSA) is 12.0 Å². The first-order chi connectivity index (χ1) is 9.53. The summed E-state index contributed by atoms with van der Waals surface area (Å²) < 4.78 is 0. The van der Waals surface area contributed by atoms with Gasteiger partial charge in [0.2, 0.25) is 0 Å². The summed E-state index contributed by atoms with van der Waals surface area (Å²) >= 11 is 0. The van der Waals surface area contributed by atoms with E-state index in [2.05, 4.69) is 33.0 Å². The van der Waals surface area contributed by atoms with Gasteiger partial charge in [0.05, 0.1) is 0 Å². The first kappa shape index (κ1) is 18.0. The maximum Gasteiger partial charge on any atom is 0.00966 e. The van der Waals surface area contributed by atoms with Crippen molar-refractivity contribution in [1.82, 2.24) is 5.32 Å². The predicted octanol–water partition coefficient (Wildman–Crippen LogP) is 5.93. The van der Waals surface area contributed by atoms with Crippen molar-refractivity contribution < 1.29 is 0 Å². The highest BCUT2D eigenvalue weighted by molar-refractivity contribution is 4.79. The van der Waals surface area contributed by atoms with Crippen molar-refractivity contribution in [3.63, 3.8) is 0 Å². The number of hydrogen-bond donors (Lipinski definition) is 1. The van der Waals surface area contributed by atoms with Gasteiger partial charge in [-0.05, 0) is 45.6 Å². The molecule has 1 saturated carbocycles. The summed E-state index contributed by atoms with van der Waals surface area (Å²) in [4.78, 5) is 0. The van der Waals surface area contributed by atoms with Gasteiger partial charge in [0.1, 0.15) is 0 Å². The van der Waals surface area contributed by atoms with Gasteiger partial charge in [0.25, 0.3) is 0 Å². The van der Waals surface area contributed by atoms with Gasteiger partial charge in [-0.1, -0.05) is 71.1 Å². The van der Waals surface area contributed by atoms with E-state index < -0.39 is 0 Å². The van der Waals surface area contributed by atoms with Crippen LogP contribution < -0.4 is 5.32 Å². The first-order valence-corrected chi connectivity index (χ1v) is 9.28. The summed E-state index contributed by atoms with van der Waals surface area (Å²) in [6.07, 6.45) is 16.0. The molecule has 0 heterocycles. The van der Waals surface area contributed by atoms with E-state index in [4.69, 9.17) is 0 Å². The zero-order valence-corrected chi connectivity index (χ0v) is 14.6. The molecule has 1 N–H and O–H groups in total. The lowest BCUT2D eigenvalue weighted by atomic mass is 9.83. The lowest BCUT2D eigenvalue weighted by Gasteiger charge is -2.30. The Kier molecular flexibility index (Phi) is 8.84. The Morgan fingerprint density at radius 3 is 2.15 bits per heavy atom. The lowest BCUT2D eigenvalue weighted by Crippen LogP contribution is -2.40. The summed E-state index contributed by atoms with van der Waals surface area (Å²) in [5.41, 5.74) is 0.276. The zero-order valence-electron chi connectivity index (χ0n) is 14.6. The minimum Gasteiger partial charge on any atom is -0.312 e. The molecule has 0 spiro atoms. The van der Waals surface area contributed by atoms with Crippen molar-refractivity contribution in [2.45, 2.75) is 104 Å². The Hall–Kier alpha value is -0.0400. The number of nitrogens with one attached hydrogen (secondary N) is 1. The normalized spacial score (nSPS) is 24.6. The number of rotatable bonds is 8. The Labute approximate surface area is 128 Å². The van der Waals surface area contributed by atoms with Crippen molar-refractivity contribution in [3.8, 4) is 0 Å². The second-order valence-electron chi connectivity index (χ2n) is 7.99. The van der Waals surface area contributed by atoms with Gasteiger partial charge in [0.15, 0.2) is 0 Å². The summed E-state index contributed by atoms with van der Waals surface area (Å²) in [5, 5.41) is 3.76. The van der Waals surface area contributed by atoms with Crippen LogP contribution in [-0.4, -0.2) is 12.1 Å². The van der Waals surface area contributed by atoms with Crippen molar-refractivity contribution >= 4 is 0 Å². The second-order valence-corrected chi connectivity index (χ2v) is 7.99. The third-order valence-electron chi connectivity index (χ3n) is 4.89. The molecule has 1 rings (SSSR count). The first-order valence-electron chi connectivity index (χ1n) is 9.28. The fraction of sp³-hybridized carbons (Fsp3) is 1.00. The van der Waals surface area contributed by atoms with E-state index in [-0.39, 0.29) is 5.54 Å². The highest BCUT2D eigenvalue weighted by atomic mass is 14.9. The molecule has 1 aliphatic carbocycles. The molecule has 2 unspecified atom stereocenters. The third-order valence-corrected chi connectivity index (χ3v) is 4.89. The molecular weight excluding hydrogens is 242 g/mol. The summed E-state index contributed by atoms with van der Waals surface area (Å²) in [6.45, 7) is 10.4. The van der Waals surface area contributed by atoms with Crippen molar-refractivity contribution in [1.29, 1.82) is 0 Å². The van der Waals surface area contributed by atoms with Crippen molar-refractivity contribution in [3.05, 3.63) is 0 Å². The molecule has 0 aliphatic heterocycles. The molecule has 1 fully saturated rings. The predicted molar refractivity (Wildman–Crippen MR) is 91.2 cm³/mol. The summed E-state index contributed by atoms with van der Waals surface area (Å²) in [7, 11) is 0. The maximum absolute atomic E-state index is 3.76. The van der Waals surface area contributed by atoms with E-state index in [1.807, 2.05) is 0 Å². The van der Waals surface area contributed by atoms with Crippen LogP contribution in [0, 0.1) is 11.8 Å². The van der Waals surface area contributed by atoms with Gasteiger partial charge in [-0.15, -0.1) is 0 Å². The molecule has 1 heteroatoms. The van der Waals surface area contributed by atoms with Gasteiger partial charge in [-0.25, -0.2) is 0 Å². The fourth-order valence-corrected chi connectivity index (χ4v) is 3.56. The van der Waals surface area contributed by atoms with Crippen LogP contribution >= 0.6 is 0 Å². The molecule has 0 bridgehead atoms. The minimum absolute atomic E-state index is 0.276. The highest BCUT2D eigenvalue weighted by Crippen LogP contribution is 2.32. The van der Waals surface area contributed by atoms with Gasteiger partial charge in [-0.3, -0.25) is 0 Å². The standard InChI is InChI=1S/C19H39N/c1-5-6-7-8-10-13-17-14-11-9-12-15-18(17)16-20-19(2,3)4/h17-18,20H,5-16H2,1-4H3. The molecule has 0 amide bonds. The third kappa shape index (κ3) is 8.29. The van der Waals surface area contributed by atoms with Gasteiger partial charge >= 0.3 is 0 Å². The lowest BCUT2D eigenvalue weighted by molar-refractivity contribution is 0.253. The van der Waals surface area contributed by atoms with Crippen LogP contribution in [0.1, 0.15) is 98.3 Å². The molecule has 1 nitrogen and oxygen atoms in total. The van der Waals surface area contributed by atoms with E-state index in [0.29, 0.717) is 0 Å². The average Bonchev–Trinajstić information content (AvgIpc) is 2.60. The maximum atomic E-state index is 3.76. The molecule has 0 aromatic carbocycles. The van der Waals surface area contributed by atoms with Gasteiger partial charge < -0.3 is 5.32 Å². The molecule has 1 aliphatic rings. The second kappa shape index (κ2) is 9.82. The highest BCUT2D eigenvalue weighted by Gasteiger charge is 2.24.